The molecular formula is C10H20N4S. The minimum absolute atomic E-state index is 0.198. The summed E-state index contributed by atoms with van der Waals surface area (Å²) in [6.45, 7) is 7.09. The normalized spacial score (nSPS) is 13.1. The zero-order chi connectivity index (χ0) is 11.3. The van der Waals surface area contributed by atoms with Gasteiger partial charge in [0.2, 0.25) is 5.13 Å². The predicted molar refractivity (Wildman–Crippen MR) is 65.2 cm³/mol. The monoisotopic (exact) mass is 228 g/mol. The van der Waals surface area contributed by atoms with Gasteiger partial charge in [0.1, 0.15) is 5.01 Å². The molecular weight excluding hydrogens is 208 g/mol. The Kier molecular flexibility index (Phi) is 4.98. The molecule has 4 nitrogen and oxygen atoms in total. The minimum Gasteiger partial charge on any atom is -0.359 e. The van der Waals surface area contributed by atoms with E-state index in [0.717, 1.165) is 29.5 Å². The SMILES string of the molecule is CCC(CC)C(N)CNc1nnc(C)s1. The Morgan fingerprint density at radius 2 is 2.00 bits per heavy atom. The zero-order valence-corrected chi connectivity index (χ0v) is 10.5. The smallest absolute Gasteiger partial charge is 0.205 e. The molecule has 1 atom stereocenters. The Morgan fingerprint density at radius 3 is 2.47 bits per heavy atom. The second-order valence-electron chi connectivity index (χ2n) is 3.75. The van der Waals surface area contributed by atoms with Crippen molar-refractivity contribution in [2.45, 2.75) is 39.7 Å². The summed E-state index contributed by atoms with van der Waals surface area (Å²) in [7, 11) is 0. The highest BCUT2D eigenvalue weighted by Crippen LogP contribution is 2.15. The van der Waals surface area contributed by atoms with Gasteiger partial charge in [-0.05, 0) is 12.8 Å². The first kappa shape index (κ1) is 12.4. The number of anilines is 1. The summed E-state index contributed by atoms with van der Waals surface area (Å²) in [5, 5.41) is 13.0. The summed E-state index contributed by atoms with van der Waals surface area (Å²) in [4.78, 5) is 0. The lowest BCUT2D eigenvalue weighted by Crippen LogP contribution is -2.36. The van der Waals surface area contributed by atoms with Crippen molar-refractivity contribution >= 4 is 16.5 Å². The maximum Gasteiger partial charge on any atom is 0.205 e. The highest BCUT2D eigenvalue weighted by atomic mass is 32.1. The molecule has 1 unspecified atom stereocenters. The number of aromatic nitrogens is 2. The van der Waals surface area contributed by atoms with Crippen molar-refractivity contribution in [1.29, 1.82) is 0 Å². The molecule has 0 saturated carbocycles. The number of nitrogens with zero attached hydrogens (tertiary/aromatic N) is 2. The van der Waals surface area contributed by atoms with Crippen LogP contribution in [-0.2, 0) is 0 Å². The maximum atomic E-state index is 6.09. The standard InChI is InChI=1S/C10H20N4S/c1-4-8(5-2)9(11)6-12-10-14-13-7(3)15-10/h8-9H,4-6,11H2,1-3H3,(H,12,14). The predicted octanol–water partition coefficient (Wildman–Crippen LogP) is 2.02. The summed E-state index contributed by atoms with van der Waals surface area (Å²) in [5.41, 5.74) is 6.09. The molecule has 0 saturated heterocycles. The van der Waals surface area contributed by atoms with Gasteiger partial charge in [0.05, 0.1) is 0 Å². The largest absolute Gasteiger partial charge is 0.359 e. The van der Waals surface area contributed by atoms with Crippen LogP contribution in [0.25, 0.3) is 0 Å². The van der Waals surface area contributed by atoms with Gasteiger partial charge in [-0.1, -0.05) is 38.0 Å². The third-order valence-corrected chi connectivity index (χ3v) is 3.47. The molecule has 3 N–H and O–H groups in total. The molecule has 0 spiro atoms. The summed E-state index contributed by atoms with van der Waals surface area (Å²) in [6, 6.07) is 0.198. The lowest BCUT2D eigenvalue weighted by Gasteiger charge is -2.20. The summed E-state index contributed by atoms with van der Waals surface area (Å²) in [6.07, 6.45) is 2.27. The minimum atomic E-state index is 0.198. The van der Waals surface area contributed by atoms with E-state index in [4.69, 9.17) is 5.73 Å². The van der Waals surface area contributed by atoms with Crippen LogP contribution in [0.3, 0.4) is 0 Å². The van der Waals surface area contributed by atoms with Gasteiger partial charge in [-0.15, -0.1) is 10.2 Å². The molecule has 0 aliphatic rings. The number of nitrogens with two attached hydrogens (primary N) is 1. The molecule has 0 amide bonds. The molecule has 0 aliphatic carbocycles. The fourth-order valence-corrected chi connectivity index (χ4v) is 2.23. The molecule has 0 fully saturated rings. The Hall–Kier alpha value is -0.680. The number of nitrogens with one attached hydrogen (secondary N) is 1. The van der Waals surface area contributed by atoms with Crippen LogP contribution in [0.1, 0.15) is 31.7 Å². The van der Waals surface area contributed by atoms with Crippen molar-refractivity contribution in [1.82, 2.24) is 10.2 Å². The topological polar surface area (TPSA) is 63.8 Å². The van der Waals surface area contributed by atoms with Crippen LogP contribution in [0, 0.1) is 12.8 Å². The van der Waals surface area contributed by atoms with Crippen molar-refractivity contribution in [3.05, 3.63) is 5.01 Å². The molecule has 0 bridgehead atoms. The Bertz CT molecular complexity index is 283. The Labute approximate surface area is 95.3 Å². The average Bonchev–Trinajstić information content (AvgIpc) is 2.63. The second kappa shape index (κ2) is 6.02. The fraction of sp³-hybridized carbons (Fsp3) is 0.800. The quantitative estimate of drug-likeness (QED) is 0.782. The molecule has 5 heteroatoms. The van der Waals surface area contributed by atoms with E-state index < -0.39 is 0 Å². The van der Waals surface area contributed by atoms with Gasteiger partial charge < -0.3 is 11.1 Å². The molecule has 0 aliphatic heterocycles. The Balaban J connectivity index is 2.36. The van der Waals surface area contributed by atoms with Gasteiger partial charge in [0.25, 0.3) is 0 Å². The highest BCUT2D eigenvalue weighted by molar-refractivity contribution is 7.15. The van der Waals surface area contributed by atoms with E-state index in [1.807, 2.05) is 6.92 Å². The molecule has 1 heterocycles. The Morgan fingerprint density at radius 1 is 1.33 bits per heavy atom. The molecule has 86 valence electrons. The van der Waals surface area contributed by atoms with Crippen LogP contribution in [0.2, 0.25) is 0 Å². The summed E-state index contributed by atoms with van der Waals surface area (Å²) >= 11 is 1.57. The third kappa shape index (κ3) is 3.76. The first-order chi connectivity index (χ1) is 7.17. The van der Waals surface area contributed by atoms with Crippen LogP contribution in [-0.4, -0.2) is 22.8 Å². The maximum absolute atomic E-state index is 6.09. The van der Waals surface area contributed by atoms with E-state index in [2.05, 4.69) is 29.4 Å². The van der Waals surface area contributed by atoms with E-state index in [9.17, 15) is 0 Å². The van der Waals surface area contributed by atoms with Crippen LogP contribution >= 0.6 is 11.3 Å². The molecule has 0 radical (unpaired) electrons. The van der Waals surface area contributed by atoms with Crippen molar-refractivity contribution in [3.63, 3.8) is 0 Å². The van der Waals surface area contributed by atoms with Crippen molar-refractivity contribution in [2.24, 2.45) is 11.7 Å². The van der Waals surface area contributed by atoms with Crippen molar-refractivity contribution in [2.75, 3.05) is 11.9 Å². The van der Waals surface area contributed by atoms with Crippen LogP contribution in [0.15, 0.2) is 0 Å². The van der Waals surface area contributed by atoms with E-state index in [0.29, 0.717) is 5.92 Å². The van der Waals surface area contributed by atoms with Gasteiger partial charge in [-0.3, -0.25) is 0 Å². The zero-order valence-electron chi connectivity index (χ0n) is 9.66. The number of rotatable bonds is 6. The van der Waals surface area contributed by atoms with Crippen molar-refractivity contribution < 1.29 is 0 Å². The average molecular weight is 228 g/mol. The van der Waals surface area contributed by atoms with Gasteiger partial charge in [0.15, 0.2) is 0 Å². The molecule has 15 heavy (non-hydrogen) atoms. The highest BCUT2D eigenvalue weighted by Gasteiger charge is 2.14. The van der Waals surface area contributed by atoms with Gasteiger partial charge in [-0.2, -0.15) is 0 Å². The number of hydrogen-bond acceptors (Lipinski definition) is 5. The molecule has 0 aromatic carbocycles. The van der Waals surface area contributed by atoms with Gasteiger partial charge >= 0.3 is 0 Å². The second-order valence-corrected chi connectivity index (χ2v) is 4.93. The molecule has 1 rings (SSSR count). The van der Waals surface area contributed by atoms with E-state index in [-0.39, 0.29) is 6.04 Å². The first-order valence-corrected chi connectivity index (χ1v) is 6.28. The molecule has 1 aromatic heterocycles. The van der Waals surface area contributed by atoms with E-state index in [1.165, 1.54) is 0 Å². The van der Waals surface area contributed by atoms with E-state index >= 15 is 0 Å². The van der Waals surface area contributed by atoms with Crippen LogP contribution in [0.4, 0.5) is 5.13 Å². The third-order valence-electron chi connectivity index (χ3n) is 2.67. The van der Waals surface area contributed by atoms with Crippen LogP contribution < -0.4 is 11.1 Å². The van der Waals surface area contributed by atoms with Crippen molar-refractivity contribution in [3.8, 4) is 0 Å². The van der Waals surface area contributed by atoms with Gasteiger partial charge in [-0.25, -0.2) is 0 Å². The lowest BCUT2D eigenvalue weighted by molar-refractivity contribution is 0.407. The number of aryl methyl sites for hydroxylation is 1. The lowest BCUT2D eigenvalue weighted by atomic mass is 9.95. The van der Waals surface area contributed by atoms with E-state index in [1.54, 1.807) is 11.3 Å². The van der Waals surface area contributed by atoms with Gasteiger partial charge in [0, 0.05) is 12.6 Å². The first-order valence-electron chi connectivity index (χ1n) is 5.46. The molecule has 1 aromatic rings. The number of hydrogen-bond donors (Lipinski definition) is 2. The summed E-state index contributed by atoms with van der Waals surface area (Å²) in [5.74, 6) is 0.589. The van der Waals surface area contributed by atoms with Crippen LogP contribution in [0.5, 0.6) is 0 Å². The fourth-order valence-electron chi connectivity index (χ4n) is 1.63. The summed E-state index contributed by atoms with van der Waals surface area (Å²) < 4.78 is 0.